The minimum absolute atomic E-state index is 0.484. The number of anilines is 1. The van der Waals surface area contributed by atoms with Crippen LogP contribution >= 0.6 is 0 Å². The first-order chi connectivity index (χ1) is 10.7. The topological polar surface area (TPSA) is 84.0 Å². The van der Waals surface area contributed by atoms with Gasteiger partial charge in [-0.2, -0.15) is 0 Å². The van der Waals surface area contributed by atoms with Crippen LogP contribution in [0.25, 0.3) is 0 Å². The molecule has 0 fully saturated rings. The van der Waals surface area contributed by atoms with E-state index in [1.807, 2.05) is 31.2 Å². The number of nitrogens with zero attached hydrogens (tertiary/aromatic N) is 1. The van der Waals surface area contributed by atoms with Crippen LogP contribution in [0.15, 0.2) is 29.3 Å². The number of ether oxygens (including phenoxy) is 2. The van der Waals surface area contributed by atoms with Crippen molar-refractivity contribution in [3.05, 3.63) is 29.8 Å². The first kappa shape index (κ1) is 17.8. The van der Waals surface area contributed by atoms with Crippen LogP contribution in [0.4, 0.5) is 10.5 Å². The molecule has 0 heterocycles. The summed E-state index contributed by atoms with van der Waals surface area (Å²) >= 11 is 0. The van der Waals surface area contributed by atoms with Gasteiger partial charge in [-0.05, 0) is 24.6 Å². The van der Waals surface area contributed by atoms with Gasteiger partial charge in [0.15, 0.2) is 5.96 Å². The second-order valence-electron chi connectivity index (χ2n) is 4.43. The molecule has 7 nitrogen and oxygen atoms in total. The lowest BCUT2D eigenvalue weighted by Gasteiger charge is -2.11. The molecular weight excluding hydrogens is 284 g/mol. The van der Waals surface area contributed by atoms with Crippen molar-refractivity contribution < 1.29 is 14.3 Å². The zero-order valence-corrected chi connectivity index (χ0v) is 13.3. The molecule has 0 bridgehead atoms. The number of rotatable bonds is 7. The van der Waals surface area contributed by atoms with Gasteiger partial charge in [0.05, 0.1) is 20.3 Å². The summed E-state index contributed by atoms with van der Waals surface area (Å²) in [6.45, 7) is 4.67. The van der Waals surface area contributed by atoms with Crippen LogP contribution in [0, 0.1) is 0 Å². The fraction of sp³-hybridized carbons (Fsp3) is 0.467. The molecule has 0 aromatic heterocycles. The monoisotopic (exact) mass is 308 g/mol. The van der Waals surface area contributed by atoms with E-state index in [9.17, 15) is 4.79 Å². The van der Waals surface area contributed by atoms with Gasteiger partial charge in [0.2, 0.25) is 0 Å². The summed E-state index contributed by atoms with van der Waals surface area (Å²) in [4.78, 5) is 15.6. The maximum atomic E-state index is 11.1. The number of guanidine groups is 1. The molecule has 1 rings (SSSR count). The average Bonchev–Trinajstić information content (AvgIpc) is 2.54. The predicted molar refractivity (Wildman–Crippen MR) is 87.2 cm³/mol. The predicted octanol–water partition coefficient (Wildman–Crippen LogP) is 1.57. The molecule has 1 aromatic rings. The second-order valence-corrected chi connectivity index (χ2v) is 4.43. The summed E-state index contributed by atoms with van der Waals surface area (Å²) in [5.74, 6) is 0.747. The number of carbonyl (C=O) groups is 1. The number of amides is 1. The van der Waals surface area contributed by atoms with Crippen molar-refractivity contribution >= 4 is 17.7 Å². The van der Waals surface area contributed by atoms with Crippen molar-refractivity contribution in [2.75, 3.05) is 39.2 Å². The van der Waals surface area contributed by atoms with Crippen molar-refractivity contribution in [3.63, 3.8) is 0 Å². The van der Waals surface area contributed by atoms with Crippen LogP contribution in [0.2, 0.25) is 0 Å². The zero-order valence-electron chi connectivity index (χ0n) is 13.3. The van der Waals surface area contributed by atoms with Gasteiger partial charge >= 0.3 is 6.09 Å². The number of benzene rings is 1. The number of hydrogen-bond donors (Lipinski definition) is 3. The Morgan fingerprint density at radius 1 is 1.18 bits per heavy atom. The molecule has 0 atom stereocenters. The van der Waals surface area contributed by atoms with Crippen LogP contribution in [-0.4, -0.2) is 46.0 Å². The zero-order chi connectivity index (χ0) is 16.2. The maximum Gasteiger partial charge on any atom is 0.411 e. The van der Waals surface area contributed by atoms with E-state index in [2.05, 4.69) is 25.7 Å². The molecule has 0 aliphatic rings. The molecule has 0 spiro atoms. The van der Waals surface area contributed by atoms with Gasteiger partial charge in [-0.3, -0.25) is 5.32 Å². The number of aliphatic imine (C=N–C) groups is 1. The maximum absolute atomic E-state index is 11.1. The summed E-state index contributed by atoms with van der Waals surface area (Å²) < 4.78 is 9.54. The minimum atomic E-state index is -0.484. The van der Waals surface area contributed by atoms with Crippen molar-refractivity contribution in [1.82, 2.24) is 10.6 Å². The van der Waals surface area contributed by atoms with Crippen LogP contribution in [-0.2, 0) is 16.0 Å². The Kier molecular flexibility index (Phi) is 8.44. The molecule has 0 aliphatic carbocycles. The largest absolute Gasteiger partial charge is 0.453 e. The van der Waals surface area contributed by atoms with Gasteiger partial charge in [-0.25, -0.2) is 9.79 Å². The number of methoxy groups -OCH3 is 2. The van der Waals surface area contributed by atoms with Crippen LogP contribution in [0.3, 0.4) is 0 Å². The van der Waals surface area contributed by atoms with E-state index in [0.717, 1.165) is 18.1 Å². The molecule has 22 heavy (non-hydrogen) atoms. The Balaban J connectivity index is 2.55. The highest BCUT2D eigenvalue weighted by molar-refractivity contribution is 5.84. The summed E-state index contributed by atoms with van der Waals surface area (Å²) in [5, 5.41) is 8.95. The molecule has 0 saturated heterocycles. The first-order valence-electron chi connectivity index (χ1n) is 7.14. The van der Waals surface area contributed by atoms with Crippen LogP contribution in [0.1, 0.15) is 12.5 Å². The van der Waals surface area contributed by atoms with E-state index < -0.39 is 6.09 Å². The molecule has 1 amide bonds. The Morgan fingerprint density at radius 2 is 1.91 bits per heavy atom. The SMILES string of the molecule is CCNC(=NCc1ccc(NC(=O)OC)cc1)NCCOC. The summed E-state index contributed by atoms with van der Waals surface area (Å²) in [7, 11) is 2.99. The molecule has 0 unspecified atom stereocenters. The highest BCUT2D eigenvalue weighted by atomic mass is 16.5. The van der Waals surface area contributed by atoms with Gasteiger partial charge in [0.1, 0.15) is 0 Å². The summed E-state index contributed by atoms with van der Waals surface area (Å²) in [5.41, 5.74) is 1.73. The Morgan fingerprint density at radius 3 is 2.50 bits per heavy atom. The highest BCUT2D eigenvalue weighted by Gasteiger charge is 2.01. The standard InChI is InChI=1S/C15H24N4O3/c1-4-16-14(17-9-10-21-2)18-11-12-5-7-13(8-6-12)19-15(20)22-3/h5-8H,4,9-11H2,1-3H3,(H,19,20)(H2,16,17,18). The van der Waals surface area contributed by atoms with Gasteiger partial charge in [-0.15, -0.1) is 0 Å². The number of hydrogen-bond acceptors (Lipinski definition) is 4. The lowest BCUT2D eigenvalue weighted by Crippen LogP contribution is -2.38. The number of carbonyl (C=O) groups excluding carboxylic acids is 1. The van der Waals surface area contributed by atoms with Crippen LogP contribution in [0.5, 0.6) is 0 Å². The molecule has 1 aromatic carbocycles. The highest BCUT2D eigenvalue weighted by Crippen LogP contribution is 2.10. The fourth-order valence-corrected chi connectivity index (χ4v) is 1.65. The quantitative estimate of drug-likeness (QED) is 0.404. The van der Waals surface area contributed by atoms with E-state index in [4.69, 9.17) is 4.74 Å². The molecule has 7 heteroatoms. The van der Waals surface area contributed by atoms with Gasteiger partial charge in [0.25, 0.3) is 0 Å². The van der Waals surface area contributed by atoms with E-state index in [0.29, 0.717) is 25.4 Å². The van der Waals surface area contributed by atoms with Gasteiger partial charge in [-0.1, -0.05) is 12.1 Å². The van der Waals surface area contributed by atoms with Crippen molar-refractivity contribution in [2.24, 2.45) is 4.99 Å². The Hall–Kier alpha value is -2.28. The van der Waals surface area contributed by atoms with E-state index in [1.54, 1.807) is 7.11 Å². The Labute approximate surface area is 131 Å². The average molecular weight is 308 g/mol. The van der Waals surface area contributed by atoms with E-state index >= 15 is 0 Å². The lowest BCUT2D eigenvalue weighted by atomic mass is 10.2. The smallest absolute Gasteiger partial charge is 0.411 e. The third kappa shape index (κ3) is 6.94. The van der Waals surface area contributed by atoms with Gasteiger partial charge < -0.3 is 20.1 Å². The van der Waals surface area contributed by atoms with Crippen LogP contribution < -0.4 is 16.0 Å². The van der Waals surface area contributed by atoms with E-state index in [1.165, 1.54) is 7.11 Å². The fourth-order valence-electron chi connectivity index (χ4n) is 1.65. The molecule has 3 N–H and O–H groups in total. The summed E-state index contributed by atoms with van der Waals surface area (Å²) in [6, 6.07) is 7.45. The third-order valence-corrected chi connectivity index (χ3v) is 2.75. The normalized spacial score (nSPS) is 11.0. The third-order valence-electron chi connectivity index (χ3n) is 2.75. The van der Waals surface area contributed by atoms with Crippen molar-refractivity contribution in [2.45, 2.75) is 13.5 Å². The second kappa shape index (κ2) is 10.4. The molecule has 0 radical (unpaired) electrons. The summed E-state index contributed by atoms with van der Waals surface area (Å²) in [6.07, 6.45) is -0.484. The van der Waals surface area contributed by atoms with Crippen molar-refractivity contribution in [3.8, 4) is 0 Å². The molecule has 122 valence electrons. The first-order valence-corrected chi connectivity index (χ1v) is 7.14. The van der Waals surface area contributed by atoms with E-state index in [-0.39, 0.29) is 0 Å². The molecule has 0 saturated carbocycles. The van der Waals surface area contributed by atoms with Crippen molar-refractivity contribution in [1.29, 1.82) is 0 Å². The Bertz CT molecular complexity index is 474. The van der Waals surface area contributed by atoms with Gasteiger partial charge in [0, 0.05) is 25.9 Å². The number of nitrogens with one attached hydrogen (secondary N) is 3. The molecule has 0 aliphatic heterocycles. The lowest BCUT2D eigenvalue weighted by molar-refractivity contribution is 0.187. The molecular formula is C15H24N4O3. The minimum Gasteiger partial charge on any atom is -0.453 e.